The molecule has 1 aromatic heterocycles. The summed E-state index contributed by atoms with van der Waals surface area (Å²) < 4.78 is 2.52. The van der Waals surface area contributed by atoms with E-state index < -0.39 is 0 Å². The van der Waals surface area contributed by atoms with Gasteiger partial charge in [0.05, 0.1) is 11.0 Å². The third-order valence-corrected chi connectivity index (χ3v) is 10.2. The smallest absolute Gasteiger partial charge is 0.0547 e. The number of rotatable bonds is 11. The predicted octanol–water partition coefficient (Wildman–Crippen LogP) is 10.2. The van der Waals surface area contributed by atoms with Crippen LogP contribution in [0.15, 0.2) is 151 Å². The normalized spacial score (nSPS) is 20.3. The van der Waals surface area contributed by atoms with Crippen LogP contribution in [0.1, 0.15) is 55.2 Å². The van der Waals surface area contributed by atoms with Gasteiger partial charge in [-0.2, -0.15) is 0 Å². The molecule has 1 heterocycles. The van der Waals surface area contributed by atoms with E-state index in [4.69, 9.17) is 5.73 Å². The molecule has 3 atom stereocenters. The zero-order valence-corrected chi connectivity index (χ0v) is 27.4. The minimum Gasteiger partial charge on any atom is -0.402 e. The number of benzene rings is 3. The molecule has 236 valence electrons. The maximum Gasteiger partial charge on any atom is 0.0547 e. The monoisotopic (exact) mass is 615 g/mol. The molecular formula is C44H45N3. The Bertz CT molecular complexity index is 2020. The van der Waals surface area contributed by atoms with E-state index in [0.29, 0.717) is 11.8 Å². The van der Waals surface area contributed by atoms with Crippen LogP contribution in [0, 0.1) is 5.92 Å². The van der Waals surface area contributed by atoms with Crippen molar-refractivity contribution in [1.29, 1.82) is 0 Å². The summed E-state index contributed by atoms with van der Waals surface area (Å²) in [5.74, 6) is 0.889. The van der Waals surface area contributed by atoms with Crippen molar-refractivity contribution in [1.82, 2.24) is 9.88 Å². The summed E-state index contributed by atoms with van der Waals surface area (Å²) >= 11 is 0. The van der Waals surface area contributed by atoms with Crippen LogP contribution in [0.3, 0.4) is 0 Å². The fourth-order valence-corrected chi connectivity index (χ4v) is 7.84. The van der Waals surface area contributed by atoms with Gasteiger partial charge in [-0.25, -0.2) is 0 Å². The van der Waals surface area contributed by atoms with Gasteiger partial charge < -0.3 is 15.6 Å². The van der Waals surface area contributed by atoms with E-state index in [1.807, 2.05) is 12.2 Å². The van der Waals surface area contributed by atoms with E-state index in [1.54, 1.807) is 6.08 Å². The fraction of sp³-hybridized carbons (Fsp3) is 0.227. The maximum atomic E-state index is 6.42. The first-order valence-electron chi connectivity index (χ1n) is 17.2. The van der Waals surface area contributed by atoms with Gasteiger partial charge in [-0.3, -0.25) is 0 Å². The second-order valence-electron chi connectivity index (χ2n) is 13.0. The van der Waals surface area contributed by atoms with Crippen molar-refractivity contribution in [2.24, 2.45) is 11.7 Å². The van der Waals surface area contributed by atoms with Crippen LogP contribution in [0.2, 0.25) is 0 Å². The van der Waals surface area contributed by atoms with E-state index in [-0.39, 0.29) is 6.04 Å². The molecule has 47 heavy (non-hydrogen) atoms. The molecule has 0 saturated heterocycles. The van der Waals surface area contributed by atoms with Gasteiger partial charge in [-0.05, 0) is 90.0 Å². The molecule has 3 aliphatic rings. The number of nitrogens with zero attached hydrogens (tertiary/aromatic N) is 1. The largest absolute Gasteiger partial charge is 0.402 e. The zero-order chi connectivity index (χ0) is 32.2. The van der Waals surface area contributed by atoms with Crippen molar-refractivity contribution < 1.29 is 0 Å². The van der Waals surface area contributed by atoms with Crippen LogP contribution in [-0.2, 0) is 6.42 Å². The van der Waals surface area contributed by atoms with Crippen LogP contribution >= 0.6 is 0 Å². The molecule has 0 bridgehead atoms. The van der Waals surface area contributed by atoms with Gasteiger partial charge in [0, 0.05) is 34.7 Å². The first-order chi connectivity index (χ1) is 23.2. The Kier molecular flexibility index (Phi) is 9.08. The fourth-order valence-electron chi connectivity index (χ4n) is 7.84. The van der Waals surface area contributed by atoms with Crippen LogP contribution in [0.4, 0.5) is 0 Å². The maximum absolute atomic E-state index is 6.42. The number of nitrogens with two attached hydrogens (primary N) is 1. The predicted molar refractivity (Wildman–Crippen MR) is 202 cm³/mol. The molecule has 3 aromatic carbocycles. The topological polar surface area (TPSA) is 43.0 Å². The summed E-state index contributed by atoms with van der Waals surface area (Å²) in [7, 11) is 0. The highest BCUT2D eigenvalue weighted by Crippen LogP contribution is 2.44. The van der Waals surface area contributed by atoms with Gasteiger partial charge in [0.25, 0.3) is 0 Å². The SMILES string of the molecule is C=C/C=C\C=CCNC(C=C/C=C\C1Cc2c(cccc2-n2c3ccccc3c3c(C4=CC=CC4)cccc32)C1C)C1=C(N)CCC1. The molecule has 7 rings (SSSR count). The number of hydrogen-bond acceptors (Lipinski definition) is 2. The van der Waals surface area contributed by atoms with Crippen molar-refractivity contribution >= 4 is 27.4 Å². The molecule has 3 heteroatoms. The van der Waals surface area contributed by atoms with E-state index in [9.17, 15) is 0 Å². The number of para-hydroxylation sites is 1. The molecule has 0 fully saturated rings. The third kappa shape index (κ3) is 6.04. The van der Waals surface area contributed by atoms with Gasteiger partial charge in [-0.1, -0.05) is 129 Å². The molecule has 4 aromatic rings. The van der Waals surface area contributed by atoms with E-state index >= 15 is 0 Å². The molecule has 0 radical (unpaired) electrons. The highest BCUT2D eigenvalue weighted by Gasteiger charge is 2.30. The van der Waals surface area contributed by atoms with Crippen molar-refractivity contribution in [2.45, 2.75) is 51.0 Å². The summed E-state index contributed by atoms with van der Waals surface area (Å²) in [5, 5.41) is 6.35. The van der Waals surface area contributed by atoms with E-state index in [2.05, 4.69) is 139 Å². The lowest BCUT2D eigenvalue weighted by Gasteiger charge is -2.16. The third-order valence-electron chi connectivity index (χ3n) is 10.2. The second-order valence-corrected chi connectivity index (χ2v) is 13.0. The molecule has 0 saturated carbocycles. The number of aromatic nitrogens is 1. The van der Waals surface area contributed by atoms with Crippen LogP contribution < -0.4 is 11.1 Å². The summed E-state index contributed by atoms with van der Waals surface area (Å²) in [5.41, 5.74) is 18.4. The summed E-state index contributed by atoms with van der Waals surface area (Å²) in [6, 6.07) is 22.8. The van der Waals surface area contributed by atoms with E-state index in [1.165, 1.54) is 55.3 Å². The van der Waals surface area contributed by atoms with Crippen LogP contribution in [0.5, 0.6) is 0 Å². The highest BCUT2D eigenvalue weighted by atomic mass is 15.0. The van der Waals surface area contributed by atoms with Gasteiger partial charge in [0.15, 0.2) is 0 Å². The number of allylic oxidation sites excluding steroid dienone is 12. The van der Waals surface area contributed by atoms with Crippen molar-refractivity contribution in [2.75, 3.05) is 6.54 Å². The lowest BCUT2D eigenvalue weighted by molar-refractivity contribution is 0.591. The lowest BCUT2D eigenvalue weighted by atomic mass is 9.94. The van der Waals surface area contributed by atoms with Gasteiger partial charge >= 0.3 is 0 Å². The Labute approximate surface area is 279 Å². The first kappa shape index (κ1) is 30.8. The Morgan fingerprint density at radius 1 is 0.957 bits per heavy atom. The minimum absolute atomic E-state index is 0.149. The summed E-state index contributed by atoms with van der Waals surface area (Å²) in [6.45, 7) is 6.90. The quantitative estimate of drug-likeness (QED) is 0.165. The van der Waals surface area contributed by atoms with Gasteiger partial charge in [0.1, 0.15) is 0 Å². The second kappa shape index (κ2) is 13.9. The van der Waals surface area contributed by atoms with Crippen molar-refractivity contribution in [3.63, 3.8) is 0 Å². The van der Waals surface area contributed by atoms with Crippen LogP contribution in [0.25, 0.3) is 33.1 Å². The number of hydrogen-bond donors (Lipinski definition) is 2. The number of fused-ring (bicyclic) bond motifs is 4. The molecular weight excluding hydrogens is 571 g/mol. The van der Waals surface area contributed by atoms with Crippen molar-refractivity contribution in [3.8, 4) is 5.69 Å². The molecule has 0 aliphatic heterocycles. The minimum atomic E-state index is 0.149. The first-order valence-corrected chi connectivity index (χ1v) is 17.2. The standard InChI is InChI=1S/C44H45N3/c1-3-4-5-6-13-29-46-40(36-23-14-24-39(36)45)25-11-9-19-33-30-38-34(31(33)2)21-15-27-42(38)47-41-26-12-10-20-37(41)44-35(22-16-28-43(44)47)32-17-7-8-18-32/h3-13,15-17,19-22,25-28,31,33,40,46H,1,14,18,23-24,29-30,45H2,2H3/b5-4-,13-6?,19-9-,25-11?. The average molecular weight is 616 g/mol. The average Bonchev–Trinajstić information content (AvgIpc) is 3.90. The van der Waals surface area contributed by atoms with Gasteiger partial charge in [-0.15, -0.1) is 0 Å². The van der Waals surface area contributed by atoms with Gasteiger partial charge in [0.2, 0.25) is 0 Å². The molecule has 3 aliphatic carbocycles. The summed E-state index contributed by atoms with van der Waals surface area (Å²) in [6.07, 6.45) is 31.0. The van der Waals surface area contributed by atoms with E-state index in [0.717, 1.165) is 44.3 Å². The lowest BCUT2D eigenvalue weighted by Crippen LogP contribution is -2.30. The molecule has 0 amide bonds. The molecule has 0 spiro atoms. The Morgan fingerprint density at radius 2 is 1.83 bits per heavy atom. The molecule has 3 N–H and O–H groups in total. The number of nitrogens with one attached hydrogen (secondary N) is 1. The Morgan fingerprint density at radius 3 is 2.66 bits per heavy atom. The molecule has 3 unspecified atom stereocenters. The highest BCUT2D eigenvalue weighted by molar-refractivity contribution is 6.14. The zero-order valence-electron chi connectivity index (χ0n) is 27.4. The Balaban J connectivity index is 1.16. The molecule has 3 nitrogen and oxygen atoms in total. The van der Waals surface area contributed by atoms with Crippen molar-refractivity contribution in [3.05, 3.63) is 168 Å². The summed E-state index contributed by atoms with van der Waals surface area (Å²) in [4.78, 5) is 0. The Hall–Kier alpha value is -4.86. The van der Waals surface area contributed by atoms with Crippen LogP contribution in [-0.4, -0.2) is 17.2 Å².